The zero-order valence-electron chi connectivity index (χ0n) is 18.1. The van der Waals surface area contributed by atoms with Gasteiger partial charge in [-0.15, -0.1) is 0 Å². The van der Waals surface area contributed by atoms with Gasteiger partial charge >= 0.3 is 0 Å². The molecule has 29 heavy (non-hydrogen) atoms. The molecule has 3 aromatic rings. The largest absolute Gasteiger partial charge is 0.507 e. The zero-order chi connectivity index (χ0) is 21.2. The van der Waals surface area contributed by atoms with Gasteiger partial charge < -0.3 is 9.84 Å². The van der Waals surface area contributed by atoms with Gasteiger partial charge in [-0.2, -0.15) is 0 Å². The second-order valence-corrected chi connectivity index (χ2v) is 8.43. The van der Waals surface area contributed by atoms with Crippen LogP contribution in [0.2, 0.25) is 0 Å². The fourth-order valence-electron chi connectivity index (χ4n) is 3.61. The molecule has 0 atom stereocenters. The van der Waals surface area contributed by atoms with Gasteiger partial charge in [0.1, 0.15) is 11.5 Å². The van der Waals surface area contributed by atoms with E-state index in [1.165, 1.54) is 5.56 Å². The van der Waals surface area contributed by atoms with Crippen LogP contribution < -0.4 is 4.74 Å². The number of para-hydroxylation sites is 2. The van der Waals surface area contributed by atoms with E-state index in [4.69, 9.17) is 9.73 Å². The summed E-state index contributed by atoms with van der Waals surface area (Å²) in [4.78, 5) is 4.81. The summed E-state index contributed by atoms with van der Waals surface area (Å²) in [6.07, 6.45) is 1.75. The van der Waals surface area contributed by atoms with Crippen molar-refractivity contribution >= 4 is 11.9 Å². The third-order valence-corrected chi connectivity index (χ3v) is 5.05. The molecular weight excluding hydrogens is 358 g/mol. The summed E-state index contributed by atoms with van der Waals surface area (Å²) in [5.74, 6) is 1.10. The number of aromatic hydroxyl groups is 1. The van der Waals surface area contributed by atoms with Gasteiger partial charge in [-0.1, -0.05) is 62.7 Å². The van der Waals surface area contributed by atoms with E-state index in [0.29, 0.717) is 5.56 Å². The lowest BCUT2D eigenvalue weighted by Crippen LogP contribution is -2.11. The maximum Gasteiger partial charge on any atom is 0.128 e. The molecule has 0 saturated heterocycles. The highest BCUT2D eigenvalue weighted by molar-refractivity contribution is 5.90. The maximum absolute atomic E-state index is 10.8. The minimum atomic E-state index is -0.143. The summed E-state index contributed by atoms with van der Waals surface area (Å²) in [7, 11) is 1.68. The average molecular weight is 388 g/mol. The van der Waals surface area contributed by atoms with Gasteiger partial charge in [0.05, 0.1) is 12.8 Å². The van der Waals surface area contributed by atoms with Crippen LogP contribution in [0.25, 0.3) is 11.1 Å². The Balaban J connectivity index is 2.14. The first-order chi connectivity index (χ1) is 13.7. The number of phenolic OH excluding ortho intramolecular Hbond substituents is 1. The lowest BCUT2D eigenvalue weighted by Gasteiger charge is -2.21. The number of benzene rings is 3. The molecule has 3 rings (SSSR count). The Bertz CT molecular complexity index is 1060. The Kier molecular flexibility index (Phi) is 5.78. The standard InChI is InChI=1S/C26H29NO2/c1-17-14-18(2)24(21(15-17)20-11-7-8-13-23(20)29-6)27-16-19-10-9-12-22(25(19)28)26(3,4)5/h7-16,28H,1-6H3. The van der Waals surface area contributed by atoms with Crippen LogP contribution >= 0.6 is 0 Å². The number of ether oxygens (including phenoxy) is 1. The van der Waals surface area contributed by atoms with E-state index in [-0.39, 0.29) is 11.2 Å². The Morgan fingerprint density at radius 3 is 2.34 bits per heavy atom. The molecule has 0 aromatic heterocycles. The van der Waals surface area contributed by atoms with Gasteiger partial charge in [0, 0.05) is 22.9 Å². The third kappa shape index (κ3) is 4.34. The highest BCUT2D eigenvalue weighted by atomic mass is 16.5. The monoisotopic (exact) mass is 387 g/mol. The number of rotatable bonds is 4. The van der Waals surface area contributed by atoms with Crippen LogP contribution in [0.4, 0.5) is 5.69 Å². The van der Waals surface area contributed by atoms with E-state index in [2.05, 4.69) is 46.8 Å². The molecule has 0 bridgehead atoms. The summed E-state index contributed by atoms with van der Waals surface area (Å²) in [6.45, 7) is 10.4. The van der Waals surface area contributed by atoms with E-state index >= 15 is 0 Å². The van der Waals surface area contributed by atoms with Crippen molar-refractivity contribution in [2.45, 2.75) is 40.0 Å². The smallest absolute Gasteiger partial charge is 0.128 e. The number of phenols is 1. The topological polar surface area (TPSA) is 41.8 Å². The number of methoxy groups -OCH3 is 1. The molecule has 0 aliphatic heterocycles. The van der Waals surface area contributed by atoms with E-state index in [0.717, 1.165) is 33.7 Å². The van der Waals surface area contributed by atoms with Crippen LogP contribution in [-0.2, 0) is 5.41 Å². The number of nitrogens with zero attached hydrogens (tertiary/aromatic N) is 1. The summed E-state index contributed by atoms with van der Waals surface area (Å²) in [5, 5.41) is 10.8. The molecule has 3 heteroatoms. The van der Waals surface area contributed by atoms with Crippen molar-refractivity contribution in [3.05, 3.63) is 76.9 Å². The lowest BCUT2D eigenvalue weighted by atomic mass is 9.85. The molecule has 0 aliphatic rings. The number of hydrogen-bond donors (Lipinski definition) is 1. The van der Waals surface area contributed by atoms with Crippen LogP contribution in [0.5, 0.6) is 11.5 Å². The molecule has 0 spiro atoms. The van der Waals surface area contributed by atoms with E-state index < -0.39 is 0 Å². The molecule has 0 fully saturated rings. The molecule has 3 aromatic carbocycles. The van der Waals surface area contributed by atoms with Crippen molar-refractivity contribution in [3.63, 3.8) is 0 Å². The second-order valence-electron chi connectivity index (χ2n) is 8.43. The van der Waals surface area contributed by atoms with Crippen LogP contribution in [-0.4, -0.2) is 18.4 Å². The van der Waals surface area contributed by atoms with Crippen LogP contribution in [0.3, 0.4) is 0 Å². The van der Waals surface area contributed by atoms with Gasteiger partial charge in [-0.25, -0.2) is 0 Å². The number of hydrogen-bond acceptors (Lipinski definition) is 3. The number of aryl methyl sites for hydroxylation is 2. The fourth-order valence-corrected chi connectivity index (χ4v) is 3.61. The molecule has 3 nitrogen and oxygen atoms in total. The highest BCUT2D eigenvalue weighted by Gasteiger charge is 2.19. The zero-order valence-corrected chi connectivity index (χ0v) is 18.1. The molecule has 0 aliphatic carbocycles. The van der Waals surface area contributed by atoms with Crippen molar-refractivity contribution in [2.24, 2.45) is 4.99 Å². The van der Waals surface area contributed by atoms with Gasteiger partial charge in [0.15, 0.2) is 0 Å². The van der Waals surface area contributed by atoms with Crippen molar-refractivity contribution in [3.8, 4) is 22.6 Å². The van der Waals surface area contributed by atoms with E-state index in [9.17, 15) is 5.11 Å². The first kappa shape index (κ1) is 20.7. The average Bonchev–Trinajstić information content (AvgIpc) is 2.66. The summed E-state index contributed by atoms with van der Waals surface area (Å²) in [6, 6.07) is 18.0. The molecule has 0 amide bonds. The first-order valence-corrected chi connectivity index (χ1v) is 9.83. The molecule has 0 saturated carbocycles. The molecule has 150 valence electrons. The summed E-state index contributed by atoms with van der Waals surface area (Å²) >= 11 is 0. The quantitative estimate of drug-likeness (QED) is 0.504. The van der Waals surface area contributed by atoms with Crippen molar-refractivity contribution in [2.75, 3.05) is 7.11 Å². The normalized spacial score (nSPS) is 11.8. The van der Waals surface area contributed by atoms with Crippen LogP contribution in [0, 0.1) is 13.8 Å². The lowest BCUT2D eigenvalue weighted by molar-refractivity contribution is 0.416. The second kappa shape index (κ2) is 8.12. The predicted octanol–water partition coefficient (Wildman–Crippen LogP) is 6.73. The van der Waals surface area contributed by atoms with Crippen molar-refractivity contribution in [1.82, 2.24) is 0 Å². The van der Waals surface area contributed by atoms with Crippen LogP contribution in [0.15, 0.2) is 59.6 Å². The Morgan fingerprint density at radius 2 is 1.66 bits per heavy atom. The third-order valence-electron chi connectivity index (χ3n) is 5.05. The minimum absolute atomic E-state index is 0.143. The summed E-state index contributed by atoms with van der Waals surface area (Å²) < 4.78 is 5.58. The maximum atomic E-state index is 10.8. The van der Waals surface area contributed by atoms with E-state index in [1.807, 2.05) is 42.5 Å². The van der Waals surface area contributed by atoms with Crippen LogP contribution in [0.1, 0.15) is 43.0 Å². The molecular formula is C26H29NO2. The first-order valence-electron chi connectivity index (χ1n) is 9.83. The highest BCUT2D eigenvalue weighted by Crippen LogP contribution is 2.39. The number of aliphatic imine (C=N–C) groups is 1. The molecule has 1 N–H and O–H groups in total. The summed E-state index contributed by atoms with van der Waals surface area (Å²) in [5.41, 5.74) is 6.62. The Morgan fingerprint density at radius 1 is 0.931 bits per heavy atom. The van der Waals surface area contributed by atoms with Crippen molar-refractivity contribution < 1.29 is 9.84 Å². The molecule has 0 unspecified atom stereocenters. The molecule has 0 radical (unpaired) electrons. The fraction of sp³-hybridized carbons (Fsp3) is 0.269. The Labute approximate surface area is 173 Å². The van der Waals surface area contributed by atoms with Gasteiger partial charge in [-0.05, 0) is 48.6 Å². The minimum Gasteiger partial charge on any atom is -0.507 e. The van der Waals surface area contributed by atoms with Crippen molar-refractivity contribution in [1.29, 1.82) is 0 Å². The van der Waals surface area contributed by atoms with Gasteiger partial charge in [0.2, 0.25) is 0 Å². The van der Waals surface area contributed by atoms with Gasteiger partial charge in [-0.3, -0.25) is 4.99 Å². The predicted molar refractivity (Wildman–Crippen MR) is 122 cm³/mol. The van der Waals surface area contributed by atoms with Gasteiger partial charge in [0.25, 0.3) is 0 Å². The van der Waals surface area contributed by atoms with E-state index in [1.54, 1.807) is 13.3 Å². The molecule has 0 heterocycles. The SMILES string of the molecule is COc1ccccc1-c1cc(C)cc(C)c1N=Cc1cccc(C(C)(C)C)c1O. The Hall–Kier alpha value is -3.07.